The van der Waals surface area contributed by atoms with Gasteiger partial charge in [0.2, 0.25) is 0 Å². The van der Waals surface area contributed by atoms with Gasteiger partial charge in [-0.2, -0.15) is 0 Å². The van der Waals surface area contributed by atoms with Crippen LogP contribution in [-0.2, 0) is 6.54 Å². The highest BCUT2D eigenvalue weighted by Gasteiger charge is 2.03. The zero-order valence-electron chi connectivity index (χ0n) is 8.00. The van der Waals surface area contributed by atoms with E-state index < -0.39 is 0 Å². The van der Waals surface area contributed by atoms with Gasteiger partial charge in [-0.1, -0.05) is 11.8 Å². The van der Waals surface area contributed by atoms with Crippen molar-refractivity contribution >= 4 is 11.8 Å². The van der Waals surface area contributed by atoms with E-state index in [1.165, 1.54) is 6.33 Å². The van der Waals surface area contributed by atoms with Crippen LogP contribution in [0.25, 0.3) is 0 Å². The summed E-state index contributed by atoms with van der Waals surface area (Å²) in [5.41, 5.74) is 6.49. The van der Waals surface area contributed by atoms with Crippen molar-refractivity contribution in [2.45, 2.75) is 16.5 Å². The highest BCUT2D eigenvalue weighted by Crippen LogP contribution is 2.26. The molecule has 0 atom stereocenters. The zero-order chi connectivity index (χ0) is 10.5. The van der Waals surface area contributed by atoms with Gasteiger partial charge < -0.3 is 5.73 Å². The maximum atomic E-state index is 5.60. The van der Waals surface area contributed by atoms with E-state index >= 15 is 0 Å². The van der Waals surface area contributed by atoms with Crippen LogP contribution in [-0.4, -0.2) is 15.0 Å². The monoisotopic (exact) mass is 218 g/mol. The maximum absolute atomic E-state index is 5.60. The molecule has 15 heavy (non-hydrogen) atoms. The molecule has 0 aliphatic heterocycles. The number of hydrogen-bond donors (Lipinski definition) is 1. The van der Waals surface area contributed by atoms with E-state index in [9.17, 15) is 0 Å². The molecule has 76 valence electrons. The van der Waals surface area contributed by atoms with Gasteiger partial charge in [0.25, 0.3) is 0 Å². The Labute approximate surface area is 92.0 Å². The van der Waals surface area contributed by atoms with E-state index in [2.05, 4.69) is 15.0 Å². The average Bonchev–Trinajstić information content (AvgIpc) is 2.31. The lowest BCUT2D eigenvalue weighted by atomic mass is 10.3. The topological polar surface area (TPSA) is 64.7 Å². The third kappa shape index (κ3) is 2.51. The maximum Gasteiger partial charge on any atom is 0.116 e. The molecule has 0 amide bonds. The largest absolute Gasteiger partial charge is 0.325 e. The molecule has 5 heteroatoms. The summed E-state index contributed by atoms with van der Waals surface area (Å²) in [6.07, 6.45) is 4.99. The molecule has 0 radical (unpaired) electrons. The van der Waals surface area contributed by atoms with Crippen molar-refractivity contribution in [2.24, 2.45) is 5.73 Å². The molecule has 0 aromatic carbocycles. The van der Waals surface area contributed by atoms with Crippen LogP contribution in [0, 0.1) is 0 Å². The molecular formula is C10H10N4S. The van der Waals surface area contributed by atoms with E-state index in [0.29, 0.717) is 6.54 Å². The summed E-state index contributed by atoms with van der Waals surface area (Å²) in [6, 6.07) is 5.74. The van der Waals surface area contributed by atoms with Gasteiger partial charge in [0.15, 0.2) is 0 Å². The number of nitrogens with zero attached hydrogens (tertiary/aromatic N) is 3. The van der Waals surface area contributed by atoms with Gasteiger partial charge in [-0.3, -0.25) is 4.98 Å². The average molecular weight is 218 g/mol. The minimum Gasteiger partial charge on any atom is -0.325 e. The minimum atomic E-state index is 0.439. The van der Waals surface area contributed by atoms with Gasteiger partial charge in [-0.05, 0) is 18.2 Å². The minimum absolute atomic E-state index is 0.439. The van der Waals surface area contributed by atoms with E-state index in [1.54, 1.807) is 24.2 Å². The van der Waals surface area contributed by atoms with Crippen molar-refractivity contribution < 1.29 is 0 Å². The van der Waals surface area contributed by atoms with Crippen molar-refractivity contribution in [1.82, 2.24) is 15.0 Å². The Morgan fingerprint density at radius 2 is 2.13 bits per heavy atom. The lowest BCUT2D eigenvalue weighted by molar-refractivity contribution is 0.941. The van der Waals surface area contributed by atoms with Crippen molar-refractivity contribution in [2.75, 3.05) is 0 Å². The van der Waals surface area contributed by atoms with Crippen LogP contribution >= 0.6 is 11.8 Å². The fourth-order valence-corrected chi connectivity index (χ4v) is 1.98. The Morgan fingerprint density at radius 3 is 2.87 bits per heavy atom. The smallest absolute Gasteiger partial charge is 0.116 e. The molecule has 2 heterocycles. The molecule has 0 saturated heterocycles. The third-order valence-electron chi connectivity index (χ3n) is 1.81. The lowest BCUT2D eigenvalue weighted by Crippen LogP contribution is -2.00. The van der Waals surface area contributed by atoms with Crippen molar-refractivity contribution in [3.63, 3.8) is 0 Å². The van der Waals surface area contributed by atoms with E-state index in [-0.39, 0.29) is 0 Å². The van der Waals surface area contributed by atoms with Gasteiger partial charge in [0.1, 0.15) is 11.4 Å². The van der Waals surface area contributed by atoms with Crippen LogP contribution < -0.4 is 5.73 Å². The molecule has 0 aliphatic carbocycles. The SMILES string of the molecule is NCc1ncccc1Sc1ccncn1. The first-order valence-corrected chi connectivity index (χ1v) is 5.29. The molecule has 2 aromatic rings. The first-order chi connectivity index (χ1) is 7.40. The van der Waals surface area contributed by atoms with Crippen molar-refractivity contribution in [3.8, 4) is 0 Å². The van der Waals surface area contributed by atoms with E-state index in [0.717, 1.165) is 15.6 Å². The normalized spacial score (nSPS) is 10.2. The number of pyridine rings is 1. The summed E-state index contributed by atoms with van der Waals surface area (Å²) in [7, 11) is 0. The molecule has 0 unspecified atom stereocenters. The first kappa shape index (κ1) is 10.1. The third-order valence-corrected chi connectivity index (χ3v) is 2.85. The van der Waals surface area contributed by atoms with Gasteiger partial charge in [-0.25, -0.2) is 9.97 Å². The molecule has 0 saturated carbocycles. The van der Waals surface area contributed by atoms with Crippen LogP contribution in [0.5, 0.6) is 0 Å². The van der Waals surface area contributed by atoms with Crippen LogP contribution in [0.2, 0.25) is 0 Å². The number of rotatable bonds is 3. The molecule has 2 N–H and O–H groups in total. The Balaban J connectivity index is 2.24. The standard InChI is InChI=1S/C10H10N4S/c11-6-8-9(2-1-4-13-8)15-10-3-5-12-7-14-10/h1-5,7H,6,11H2. The van der Waals surface area contributed by atoms with Crippen molar-refractivity contribution in [1.29, 1.82) is 0 Å². The molecule has 0 aliphatic rings. The molecule has 0 bridgehead atoms. The lowest BCUT2D eigenvalue weighted by Gasteiger charge is -2.04. The van der Waals surface area contributed by atoms with Crippen LogP contribution in [0.15, 0.2) is 46.8 Å². The van der Waals surface area contributed by atoms with E-state index in [1.807, 2.05) is 18.2 Å². The molecule has 2 rings (SSSR count). The quantitative estimate of drug-likeness (QED) is 0.790. The van der Waals surface area contributed by atoms with Gasteiger partial charge in [0, 0.05) is 23.8 Å². The molecule has 0 spiro atoms. The van der Waals surface area contributed by atoms with Crippen LogP contribution in [0.1, 0.15) is 5.69 Å². The summed E-state index contributed by atoms with van der Waals surface area (Å²) >= 11 is 1.55. The summed E-state index contributed by atoms with van der Waals surface area (Å²) in [5, 5.41) is 0.896. The van der Waals surface area contributed by atoms with Gasteiger partial charge >= 0.3 is 0 Å². The number of aromatic nitrogens is 3. The number of nitrogens with two attached hydrogens (primary N) is 1. The van der Waals surface area contributed by atoms with Crippen LogP contribution in [0.3, 0.4) is 0 Å². The fourth-order valence-electron chi connectivity index (χ4n) is 1.12. The van der Waals surface area contributed by atoms with Crippen molar-refractivity contribution in [3.05, 3.63) is 42.6 Å². The first-order valence-electron chi connectivity index (χ1n) is 4.48. The summed E-state index contributed by atoms with van der Waals surface area (Å²) in [6.45, 7) is 0.439. The summed E-state index contributed by atoms with van der Waals surface area (Å²) < 4.78 is 0. The summed E-state index contributed by atoms with van der Waals surface area (Å²) in [5.74, 6) is 0. The molecule has 4 nitrogen and oxygen atoms in total. The predicted octanol–water partition coefficient (Wildman–Crippen LogP) is 1.48. The fraction of sp³-hybridized carbons (Fsp3) is 0.100. The predicted molar refractivity (Wildman–Crippen MR) is 58.3 cm³/mol. The second-order valence-corrected chi connectivity index (χ2v) is 3.86. The van der Waals surface area contributed by atoms with Gasteiger partial charge in [-0.15, -0.1) is 0 Å². The molecule has 2 aromatic heterocycles. The second-order valence-electron chi connectivity index (χ2n) is 2.80. The highest BCUT2D eigenvalue weighted by atomic mass is 32.2. The Bertz CT molecular complexity index is 432. The zero-order valence-corrected chi connectivity index (χ0v) is 8.81. The summed E-state index contributed by atoms with van der Waals surface area (Å²) in [4.78, 5) is 13.2. The Hall–Kier alpha value is -1.46. The second kappa shape index (κ2) is 4.86. The number of hydrogen-bond acceptors (Lipinski definition) is 5. The molecular weight excluding hydrogens is 208 g/mol. The molecule has 0 fully saturated rings. The Morgan fingerprint density at radius 1 is 1.20 bits per heavy atom. The van der Waals surface area contributed by atoms with Gasteiger partial charge in [0.05, 0.1) is 5.69 Å². The van der Waals surface area contributed by atoms with E-state index in [4.69, 9.17) is 5.73 Å². The Kier molecular flexibility index (Phi) is 3.26. The van der Waals surface area contributed by atoms with Crippen LogP contribution in [0.4, 0.5) is 0 Å². The highest BCUT2D eigenvalue weighted by molar-refractivity contribution is 7.99.